The van der Waals surface area contributed by atoms with Crippen molar-refractivity contribution in [3.8, 4) is 11.4 Å². The summed E-state index contributed by atoms with van der Waals surface area (Å²) in [6.07, 6.45) is 3.10. The van der Waals surface area contributed by atoms with E-state index in [1.165, 1.54) is 21.0 Å². The number of carbonyl (C=O) groups is 2. The van der Waals surface area contributed by atoms with E-state index in [0.29, 0.717) is 11.5 Å². The summed E-state index contributed by atoms with van der Waals surface area (Å²) >= 11 is 3.43. The Morgan fingerprint density at radius 2 is 1.94 bits per heavy atom. The summed E-state index contributed by atoms with van der Waals surface area (Å²) in [5.41, 5.74) is 3.88. The van der Waals surface area contributed by atoms with Crippen LogP contribution in [0.25, 0.3) is 11.4 Å². The highest BCUT2D eigenvalue weighted by Gasteiger charge is 2.55. The topological polar surface area (TPSA) is 104 Å². The molecule has 2 aromatic carbocycles. The van der Waals surface area contributed by atoms with Crippen molar-refractivity contribution in [2.45, 2.75) is 37.9 Å². The molecule has 1 fully saturated rings. The third-order valence-electron chi connectivity index (χ3n) is 6.05. The van der Waals surface area contributed by atoms with Gasteiger partial charge in [-0.1, -0.05) is 44.5 Å². The molecule has 160 valence electrons. The lowest BCUT2D eigenvalue weighted by Crippen LogP contribution is -2.39. The predicted molar refractivity (Wildman–Crippen MR) is 116 cm³/mol. The van der Waals surface area contributed by atoms with E-state index in [0.717, 1.165) is 29.3 Å². The van der Waals surface area contributed by atoms with Crippen LogP contribution in [0.1, 0.15) is 23.4 Å². The molecule has 6 rings (SSSR count). The van der Waals surface area contributed by atoms with Crippen molar-refractivity contribution < 1.29 is 14.1 Å². The molecule has 0 spiro atoms. The van der Waals surface area contributed by atoms with Gasteiger partial charge in [-0.3, -0.25) is 14.6 Å². The van der Waals surface area contributed by atoms with Gasteiger partial charge in [0.1, 0.15) is 6.54 Å². The maximum absolute atomic E-state index is 13.2. The molecule has 3 aromatic rings. The minimum Gasteiger partial charge on any atom is -0.337 e. The Labute approximate surface area is 191 Å². The highest BCUT2D eigenvalue weighted by atomic mass is 79.9. The zero-order chi connectivity index (χ0) is 21.8. The zero-order valence-electron chi connectivity index (χ0n) is 16.8. The molecule has 3 aliphatic rings. The summed E-state index contributed by atoms with van der Waals surface area (Å²) < 4.78 is 6.27. The van der Waals surface area contributed by atoms with Gasteiger partial charge in [0.2, 0.25) is 11.7 Å². The number of amides is 2. The van der Waals surface area contributed by atoms with E-state index < -0.39 is 12.1 Å². The van der Waals surface area contributed by atoms with Crippen molar-refractivity contribution in [2.24, 2.45) is 10.3 Å². The molecule has 0 radical (unpaired) electrons. The van der Waals surface area contributed by atoms with Crippen LogP contribution in [0.4, 0.5) is 5.69 Å². The highest BCUT2D eigenvalue weighted by molar-refractivity contribution is 9.10. The van der Waals surface area contributed by atoms with Gasteiger partial charge < -0.3 is 4.52 Å². The molecule has 0 N–H and O–H groups in total. The molecular formula is C22H17BrN6O3. The molecule has 2 aliphatic heterocycles. The molecule has 1 aliphatic carbocycles. The second-order valence-electron chi connectivity index (χ2n) is 8.03. The maximum Gasteiger partial charge on any atom is 0.263 e. The van der Waals surface area contributed by atoms with Crippen molar-refractivity contribution in [3.05, 3.63) is 64.0 Å². The van der Waals surface area contributed by atoms with Crippen LogP contribution in [0.3, 0.4) is 0 Å². The van der Waals surface area contributed by atoms with Gasteiger partial charge in [0, 0.05) is 10.0 Å². The van der Waals surface area contributed by atoms with Crippen LogP contribution < -0.4 is 4.90 Å². The molecule has 0 bridgehead atoms. The van der Waals surface area contributed by atoms with E-state index in [9.17, 15) is 9.59 Å². The number of imide groups is 1. The number of hydrogen-bond acceptors (Lipinski definition) is 8. The summed E-state index contributed by atoms with van der Waals surface area (Å²) in [5, 5.41) is 13.6. The number of aryl methyl sites for hydroxylation is 2. The van der Waals surface area contributed by atoms with Crippen LogP contribution in [0.15, 0.2) is 61.8 Å². The first-order valence-electron chi connectivity index (χ1n) is 10.3. The van der Waals surface area contributed by atoms with Gasteiger partial charge in [-0.2, -0.15) is 10.1 Å². The summed E-state index contributed by atoms with van der Waals surface area (Å²) in [6.45, 7) is 0.0860. The first kappa shape index (κ1) is 19.3. The standard InChI is InChI=1S/C22H17BrN6O3/c23-15-6-2-5-14(9-15)20-24-17(32-26-20)11-28-19-18(25-27-28)21(30)29(22(19)31)16-8-7-12-3-1-4-13(12)10-16/h2,5-10,18-19H,1,3-4,11H2/t18-,19-/m0/s1. The molecule has 0 saturated carbocycles. The molecule has 0 unspecified atom stereocenters. The van der Waals surface area contributed by atoms with E-state index in [-0.39, 0.29) is 24.2 Å². The molecular weight excluding hydrogens is 476 g/mol. The predicted octanol–water partition coefficient (Wildman–Crippen LogP) is 3.48. The van der Waals surface area contributed by atoms with Crippen molar-refractivity contribution >= 4 is 33.4 Å². The lowest BCUT2D eigenvalue weighted by atomic mass is 10.1. The van der Waals surface area contributed by atoms with Gasteiger partial charge in [0.15, 0.2) is 12.1 Å². The minimum atomic E-state index is -0.858. The van der Waals surface area contributed by atoms with Gasteiger partial charge in [0.05, 0.1) is 5.69 Å². The largest absolute Gasteiger partial charge is 0.337 e. The fourth-order valence-electron chi connectivity index (χ4n) is 4.51. The first-order valence-corrected chi connectivity index (χ1v) is 11.1. The maximum atomic E-state index is 13.2. The van der Waals surface area contributed by atoms with Crippen LogP contribution in [0.2, 0.25) is 0 Å². The van der Waals surface area contributed by atoms with E-state index in [4.69, 9.17) is 4.52 Å². The Balaban J connectivity index is 1.23. The van der Waals surface area contributed by atoms with E-state index in [1.54, 1.807) is 0 Å². The smallest absolute Gasteiger partial charge is 0.263 e. The second-order valence-corrected chi connectivity index (χ2v) is 8.95. The fourth-order valence-corrected chi connectivity index (χ4v) is 4.91. The number of benzene rings is 2. The quantitative estimate of drug-likeness (QED) is 0.516. The Bertz CT molecular complexity index is 1290. The summed E-state index contributed by atoms with van der Waals surface area (Å²) in [6, 6.07) is 11.7. The Morgan fingerprint density at radius 3 is 2.81 bits per heavy atom. The van der Waals surface area contributed by atoms with Gasteiger partial charge in [-0.25, -0.2) is 4.90 Å². The van der Waals surface area contributed by atoms with Gasteiger partial charge in [-0.05, 0) is 54.7 Å². The number of anilines is 1. The van der Waals surface area contributed by atoms with Crippen molar-refractivity contribution in [2.75, 3.05) is 4.90 Å². The van der Waals surface area contributed by atoms with Crippen LogP contribution in [0, 0.1) is 0 Å². The van der Waals surface area contributed by atoms with Gasteiger partial charge >= 0.3 is 0 Å². The summed E-state index contributed by atoms with van der Waals surface area (Å²) in [5.74, 6) is 0.0256. The molecule has 1 saturated heterocycles. The average molecular weight is 493 g/mol. The molecule has 10 heteroatoms. The number of rotatable bonds is 4. The van der Waals surface area contributed by atoms with Gasteiger partial charge in [0.25, 0.3) is 11.8 Å². The Hall–Kier alpha value is -3.40. The molecule has 9 nitrogen and oxygen atoms in total. The molecule has 3 heterocycles. The minimum absolute atomic E-state index is 0.0860. The van der Waals surface area contributed by atoms with Crippen LogP contribution in [0.5, 0.6) is 0 Å². The third kappa shape index (κ3) is 3.05. The lowest BCUT2D eigenvalue weighted by Gasteiger charge is -2.19. The second kappa shape index (κ2) is 7.33. The SMILES string of the molecule is O=C1[C@H]2N=NN(Cc3nc(-c4cccc(Br)c4)no3)[C@@H]2C(=O)N1c1ccc2c(c1)CCC2. The molecule has 1 aromatic heterocycles. The number of hydrogen-bond donors (Lipinski definition) is 0. The molecule has 2 atom stereocenters. The van der Waals surface area contributed by atoms with Crippen molar-refractivity contribution in [1.82, 2.24) is 15.1 Å². The van der Waals surface area contributed by atoms with Crippen molar-refractivity contribution in [3.63, 3.8) is 0 Å². The normalized spacial score (nSPS) is 21.5. The fraction of sp³-hybridized carbons (Fsp3) is 0.273. The number of fused-ring (bicyclic) bond motifs is 2. The summed E-state index contributed by atoms with van der Waals surface area (Å²) in [4.78, 5) is 31.9. The number of halogens is 1. The van der Waals surface area contributed by atoms with E-state index in [1.807, 2.05) is 42.5 Å². The van der Waals surface area contributed by atoms with Crippen LogP contribution in [-0.4, -0.2) is 39.0 Å². The Kier molecular flexibility index (Phi) is 4.42. The zero-order valence-corrected chi connectivity index (χ0v) is 18.4. The number of carbonyl (C=O) groups excluding carboxylic acids is 2. The number of aromatic nitrogens is 2. The van der Waals surface area contributed by atoms with Gasteiger partial charge in [-0.15, -0.1) is 0 Å². The van der Waals surface area contributed by atoms with Crippen molar-refractivity contribution in [1.29, 1.82) is 0 Å². The van der Waals surface area contributed by atoms with E-state index >= 15 is 0 Å². The number of nitrogens with zero attached hydrogens (tertiary/aromatic N) is 6. The van der Waals surface area contributed by atoms with Crippen LogP contribution in [-0.2, 0) is 29.0 Å². The highest BCUT2D eigenvalue weighted by Crippen LogP contribution is 2.35. The lowest BCUT2D eigenvalue weighted by molar-refractivity contribution is -0.123. The third-order valence-corrected chi connectivity index (χ3v) is 6.54. The summed E-state index contributed by atoms with van der Waals surface area (Å²) in [7, 11) is 0. The first-order chi connectivity index (χ1) is 15.6. The van der Waals surface area contributed by atoms with Crippen LogP contribution >= 0.6 is 15.9 Å². The Morgan fingerprint density at radius 1 is 1.06 bits per heavy atom. The molecule has 2 amide bonds. The molecule has 32 heavy (non-hydrogen) atoms. The van der Waals surface area contributed by atoms with E-state index in [2.05, 4.69) is 36.4 Å². The monoisotopic (exact) mass is 492 g/mol. The average Bonchev–Trinajstić information content (AvgIpc) is 3.56.